The number of carboxylic acid groups (broad SMARTS) is 1. The molecule has 6 heteroatoms. The van der Waals surface area contributed by atoms with E-state index in [4.69, 9.17) is 10.4 Å². The molecule has 0 aliphatic carbocycles. The fourth-order valence-electron chi connectivity index (χ4n) is 2.42. The summed E-state index contributed by atoms with van der Waals surface area (Å²) in [4.78, 5) is 21.5. The van der Waals surface area contributed by atoms with E-state index in [0.717, 1.165) is 16.8 Å². The second-order valence-corrected chi connectivity index (χ2v) is 4.95. The Morgan fingerprint density at radius 2 is 2.05 bits per heavy atom. The third kappa shape index (κ3) is 2.41. The molecule has 1 aliphatic heterocycles. The second-order valence-electron chi connectivity index (χ2n) is 4.95. The summed E-state index contributed by atoms with van der Waals surface area (Å²) in [6, 6.07) is 8.75. The smallest absolute Gasteiger partial charge is 0.335 e. The van der Waals surface area contributed by atoms with E-state index in [-0.39, 0.29) is 5.56 Å². The van der Waals surface area contributed by atoms with Crippen LogP contribution in [0.2, 0.25) is 0 Å². The van der Waals surface area contributed by atoms with Gasteiger partial charge in [0.1, 0.15) is 11.8 Å². The minimum absolute atomic E-state index is 0.276. The Labute approximate surface area is 121 Å². The fraction of sp³-hybridized carbons (Fsp3) is 0.200. The summed E-state index contributed by atoms with van der Waals surface area (Å²) in [7, 11) is 0. The number of hydrogen-bond acceptors (Lipinski definition) is 5. The van der Waals surface area contributed by atoms with Crippen molar-refractivity contribution in [2.45, 2.75) is 20.0 Å². The van der Waals surface area contributed by atoms with Crippen molar-refractivity contribution in [3.8, 4) is 6.07 Å². The van der Waals surface area contributed by atoms with Gasteiger partial charge in [-0.05, 0) is 36.2 Å². The van der Waals surface area contributed by atoms with E-state index in [1.54, 1.807) is 18.2 Å². The van der Waals surface area contributed by atoms with E-state index in [2.05, 4.69) is 9.97 Å². The van der Waals surface area contributed by atoms with Gasteiger partial charge in [0.15, 0.2) is 0 Å². The van der Waals surface area contributed by atoms with Crippen LogP contribution in [-0.2, 0) is 13.1 Å². The zero-order valence-electron chi connectivity index (χ0n) is 11.4. The number of nitriles is 1. The summed E-state index contributed by atoms with van der Waals surface area (Å²) in [6.07, 6.45) is 0. The predicted molar refractivity (Wildman–Crippen MR) is 74.8 cm³/mol. The topological polar surface area (TPSA) is 90.1 Å². The van der Waals surface area contributed by atoms with Gasteiger partial charge >= 0.3 is 5.97 Å². The van der Waals surface area contributed by atoms with Crippen molar-refractivity contribution in [2.75, 3.05) is 4.90 Å². The molecule has 0 saturated heterocycles. The number of nitrogens with zero attached hydrogens (tertiary/aromatic N) is 4. The number of aromatic nitrogens is 2. The first kappa shape index (κ1) is 13.1. The largest absolute Gasteiger partial charge is 0.478 e. The van der Waals surface area contributed by atoms with Crippen LogP contribution in [-0.4, -0.2) is 21.0 Å². The quantitative estimate of drug-likeness (QED) is 0.903. The molecule has 3 rings (SSSR count). The van der Waals surface area contributed by atoms with Crippen molar-refractivity contribution in [3.05, 3.63) is 52.3 Å². The Kier molecular flexibility index (Phi) is 3.03. The first-order valence-corrected chi connectivity index (χ1v) is 6.42. The van der Waals surface area contributed by atoms with Crippen molar-refractivity contribution in [1.82, 2.24) is 9.97 Å². The molecule has 6 nitrogen and oxygen atoms in total. The molecule has 21 heavy (non-hydrogen) atoms. The Hall–Kier alpha value is -2.94. The van der Waals surface area contributed by atoms with Crippen molar-refractivity contribution in [3.63, 3.8) is 0 Å². The lowest BCUT2D eigenvalue weighted by molar-refractivity contribution is 0.0697. The number of carboxylic acids is 1. The summed E-state index contributed by atoms with van der Waals surface area (Å²) in [5.41, 5.74) is 3.36. The molecule has 0 unspecified atom stereocenters. The SMILES string of the molecule is Cc1cc(C#N)nc(N2Cc3ccc(C(=O)O)cc3C2)n1. The van der Waals surface area contributed by atoms with Gasteiger partial charge in [0, 0.05) is 18.8 Å². The maximum absolute atomic E-state index is 11.0. The summed E-state index contributed by atoms with van der Waals surface area (Å²) >= 11 is 0. The Balaban J connectivity index is 1.93. The van der Waals surface area contributed by atoms with E-state index in [0.29, 0.717) is 24.7 Å². The molecule has 0 radical (unpaired) electrons. The van der Waals surface area contributed by atoms with Gasteiger partial charge in [-0.2, -0.15) is 5.26 Å². The predicted octanol–water partition coefficient (Wildman–Crippen LogP) is 1.88. The zero-order chi connectivity index (χ0) is 15.0. The Morgan fingerprint density at radius 1 is 1.29 bits per heavy atom. The van der Waals surface area contributed by atoms with E-state index < -0.39 is 5.97 Å². The first-order valence-electron chi connectivity index (χ1n) is 6.42. The normalized spacial score (nSPS) is 12.9. The monoisotopic (exact) mass is 280 g/mol. The molecule has 0 fully saturated rings. The third-order valence-corrected chi connectivity index (χ3v) is 3.42. The maximum Gasteiger partial charge on any atom is 0.335 e. The number of aromatic carboxylic acids is 1. The molecule has 1 aliphatic rings. The lowest BCUT2D eigenvalue weighted by Gasteiger charge is -2.15. The van der Waals surface area contributed by atoms with Crippen LogP contribution in [0.3, 0.4) is 0 Å². The molecule has 1 aromatic heterocycles. The Bertz CT molecular complexity index is 780. The highest BCUT2D eigenvalue weighted by Gasteiger charge is 2.22. The maximum atomic E-state index is 11.0. The minimum Gasteiger partial charge on any atom is -0.478 e. The molecule has 0 bridgehead atoms. The van der Waals surface area contributed by atoms with Crippen molar-refractivity contribution in [2.24, 2.45) is 0 Å². The highest BCUT2D eigenvalue weighted by Crippen LogP contribution is 2.27. The molecule has 2 heterocycles. The van der Waals surface area contributed by atoms with Crippen molar-refractivity contribution in [1.29, 1.82) is 5.26 Å². The number of fused-ring (bicyclic) bond motifs is 1. The van der Waals surface area contributed by atoms with Crippen LogP contribution in [0.1, 0.15) is 32.9 Å². The van der Waals surface area contributed by atoms with Gasteiger partial charge in [0.25, 0.3) is 0 Å². The molecule has 0 saturated carbocycles. The van der Waals surface area contributed by atoms with Crippen LogP contribution >= 0.6 is 0 Å². The standard InChI is InChI=1S/C15H12N4O2/c1-9-4-13(6-16)18-15(17-9)19-7-11-3-2-10(14(20)21)5-12(11)8-19/h2-5H,7-8H2,1H3,(H,20,21). The zero-order valence-corrected chi connectivity index (χ0v) is 11.4. The molecule has 104 valence electrons. The molecular formula is C15H12N4O2. The lowest BCUT2D eigenvalue weighted by atomic mass is 10.1. The van der Waals surface area contributed by atoms with Gasteiger partial charge in [0.05, 0.1) is 5.56 Å². The fourth-order valence-corrected chi connectivity index (χ4v) is 2.42. The van der Waals surface area contributed by atoms with E-state index in [9.17, 15) is 4.79 Å². The second kappa shape index (κ2) is 4.87. The van der Waals surface area contributed by atoms with Gasteiger partial charge in [-0.1, -0.05) is 6.07 Å². The first-order chi connectivity index (χ1) is 10.1. The number of benzene rings is 1. The van der Waals surface area contributed by atoms with E-state index >= 15 is 0 Å². The third-order valence-electron chi connectivity index (χ3n) is 3.42. The van der Waals surface area contributed by atoms with Crippen LogP contribution in [0.5, 0.6) is 0 Å². The number of aryl methyl sites for hydroxylation is 1. The van der Waals surface area contributed by atoms with Crippen LogP contribution in [0.15, 0.2) is 24.3 Å². The lowest BCUT2D eigenvalue weighted by Crippen LogP contribution is -2.18. The summed E-state index contributed by atoms with van der Waals surface area (Å²) < 4.78 is 0. The molecule has 1 aromatic carbocycles. The average Bonchev–Trinajstić information content (AvgIpc) is 2.89. The van der Waals surface area contributed by atoms with Crippen LogP contribution in [0.25, 0.3) is 0 Å². The Morgan fingerprint density at radius 3 is 2.76 bits per heavy atom. The van der Waals surface area contributed by atoms with Crippen LogP contribution in [0.4, 0.5) is 5.95 Å². The molecular weight excluding hydrogens is 268 g/mol. The summed E-state index contributed by atoms with van der Waals surface area (Å²) in [5, 5.41) is 18.0. The van der Waals surface area contributed by atoms with Crippen molar-refractivity contribution < 1.29 is 9.90 Å². The minimum atomic E-state index is -0.935. The molecule has 2 aromatic rings. The number of anilines is 1. The summed E-state index contributed by atoms with van der Waals surface area (Å²) in [6.45, 7) is 2.98. The molecule has 0 atom stereocenters. The van der Waals surface area contributed by atoms with E-state index in [1.165, 1.54) is 0 Å². The van der Waals surface area contributed by atoms with Gasteiger partial charge in [-0.3, -0.25) is 0 Å². The average molecular weight is 280 g/mol. The van der Waals surface area contributed by atoms with Gasteiger partial charge in [-0.15, -0.1) is 0 Å². The van der Waals surface area contributed by atoms with Gasteiger partial charge in [-0.25, -0.2) is 14.8 Å². The van der Waals surface area contributed by atoms with Gasteiger partial charge < -0.3 is 10.0 Å². The van der Waals surface area contributed by atoms with Crippen molar-refractivity contribution >= 4 is 11.9 Å². The number of rotatable bonds is 2. The van der Waals surface area contributed by atoms with Crippen LogP contribution in [0, 0.1) is 18.3 Å². The van der Waals surface area contributed by atoms with Crippen LogP contribution < -0.4 is 4.90 Å². The molecule has 0 spiro atoms. The highest BCUT2D eigenvalue weighted by atomic mass is 16.4. The van der Waals surface area contributed by atoms with E-state index in [1.807, 2.05) is 24.0 Å². The number of carbonyl (C=O) groups is 1. The van der Waals surface area contributed by atoms with Gasteiger partial charge in [0.2, 0.25) is 5.95 Å². The summed E-state index contributed by atoms with van der Waals surface area (Å²) in [5.74, 6) is -0.436. The molecule has 0 amide bonds. The highest BCUT2D eigenvalue weighted by molar-refractivity contribution is 5.88. The molecule has 1 N–H and O–H groups in total. The number of hydrogen-bond donors (Lipinski definition) is 1.